The quantitative estimate of drug-likeness (QED) is 0.911. The number of hydrogen-bond acceptors (Lipinski definition) is 4. The van der Waals surface area contributed by atoms with Crippen molar-refractivity contribution in [3.8, 4) is 0 Å². The van der Waals surface area contributed by atoms with E-state index in [9.17, 15) is 0 Å². The van der Waals surface area contributed by atoms with Gasteiger partial charge in [0.2, 0.25) is 0 Å². The van der Waals surface area contributed by atoms with Crippen molar-refractivity contribution in [3.63, 3.8) is 0 Å². The van der Waals surface area contributed by atoms with Crippen molar-refractivity contribution in [1.82, 2.24) is 14.8 Å². The molecule has 0 spiro atoms. The summed E-state index contributed by atoms with van der Waals surface area (Å²) in [6.45, 7) is 4.25. The number of rotatable bonds is 4. The Bertz CT molecular complexity index is 390. The number of nitrogens with two attached hydrogens (primary N) is 1. The van der Waals surface area contributed by atoms with Gasteiger partial charge >= 0.3 is 0 Å². The first-order valence-electron chi connectivity index (χ1n) is 6.90. The molecule has 1 fully saturated rings. The third-order valence-corrected chi connectivity index (χ3v) is 5.37. The van der Waals surface area contributed by atoms with Gasteiger partial charge < -0.3 is 10.3 Å². The standard InChI is InChI=1S/C13H24N4S/c1-4-5-10-6-7-11(14)12(8-10)18-13-16-15-9(2)17(13)3/h10-12H,4-8,14H2,1-3H3. The van der Waals surface area contributed by atoms with E-state index < -0.39 is 0 Å². The number of aromatic nitrogens is 3. The van der Waals surface area contributed by atoms with Gasteiger partial charge in [-0.1, -0.05) is 31.5 Å². The second-order valence-electron chi connectivity index (χ2n) is 5.38. The molecule has 1 heterocycles. The summed E-state index contributed by atoms with van der Waals surface area (Å²) in [6.07, 6.45) is 6.29. The first-order valence-corrected chi connectivity index (χ1v) is 7.78. The molecule has 0 aliphatic heterocycles. The summed E-state index contributed by atoms with van der Waals surface area (Å²) >= 11 is 1.81. The second-order valence-corrected chi connectivity index (χ2v) is 6.58. The fraction of sp³-hybridized carbons (Fsp3) is 0.846. The minimum atomic E-state index is 0.306. The minimum absolute atomic E-state index is 0.306. The van der Waals surface area contributed by atoms with Crippen molar-refractivity contribution in [2.75, 3.05) is 0 Å². The van der Waals surface area contributed by atoms with Crippen molar-refractivity contribution >= 4 is 11.8 Å². The molecule has 1 aromatic rings. The number of nitrogens with zero attached hydrogens (tertiary/aromatic N) is 3. The number of thioether (sulfide) groups is 1. The fourth-order valence-corrected chi connectivity index (χ4v) is 4.00. The molecule has 2 rings (SSSR count). The molecular weight excluding hydrogens is 244 g/mol. The summed E-state index contributed by atoms with van der Waals surface area (Å²) in [6, 6.07) is 0.306. The zero-order valence-electron chi connectivity index (χ0n) is 11.6. The van der Waals surface area contributed by atoms with Crippen molar-refractivity contribution in [2.24, 2.45) is 18.7 Å². The van der Waals surface area contributed by atoms with Gasteiger partial charge in [0.05, 0.1) is 0 Å². The maximum absolute atomic E-state index is 6.26. The first kappa shape index (κ1) is 13.9. The van der Waals surface area contributed by atoms with Gasteiger partial charge in [-0.2, -0.15) is 0 Å². The molecule has 5 heteroatoms. The molecule has 1 saturated carbocycles. The molecule has 0 aromatic carbocycles. The number of aryl methyl sites for hydroxylation is 1. The van der Waals surface area contributed by atoms with Gasteiger partial charge in [-0.15, -0.1) is 10.2 Å². The summed E-state index contributed by atoms with van der Waals surface area (Å²) < 4.78 is 2.06. The third kappa shape index (κ3) is 3.06. The summed E-state index contributed by atoms with van der Waals surface area (Å²) in [5, 5.41) is 9.85. The average Bonchev–Trinajstić information content (AvgIpc) is 2.66. The van der Waals surface area contributed by atoms with Crippen LogP contribution >= 0.6 is 11.8 Å². The van der Waals surface area contributed by atoms with Gasteiger partial charge in [-0.3, -0.25) is 0 Å². The van der Waals surface area contributed by atoms with Crippen LogP contribution in [0, 0.1) is 12.8 Å². The maximum atomic E-state index is 6.26. The highest BCUT2D eigenvalue weighted by atomic mass is 32.2. The molecule has 2 N–H and O–H groups in total. The molecular formula is C13H24N4S. The van der Waals surface area contributed by atoms with Crippen molar-refractivity contribution in [1.29, 1.82) is 0 Å². The molecule has 1 aliphatic rings. The fourth-order valence-electron chi connectivity index (χ4n) is 2.67. The topological polar surface area (TPSA) is 56.7 Å². The summed E-state index contributed by atoms with van der Waals surface area (Å²) in [5.74, 6) is 1.81. The van der Waals surface area contributed by atoms with E-state index in [-0.39, 0.29) is 0 Å². The van der Waals surface area contributed by atoms with Crippen LogP contribution in [0.5, 0.6) is 0 Å². The van der Waals surface area contributed by atoms with Crippen LogP contribution in [0.4, 0.5) is 0 Å². The third-order valence-electron chi connectivity index (χ3n) is 3.96. The van der Waals surface area contributed by atoms with Gasteiger partial charge in [0.25, 0.3) is 0 Å². The molecule has 0 amide bonds. The van der Waals surface area contributed by atoms with Crippen molar-refractivity contribution in [2.45, 2.75) is 62.4 Å². The van der Waals surface area contributed by atoms with Gasteiger partial charge in [0.1, 0.15) is 5.82 Å². The SMILES string of the molecule is CCCC1CCC(N)C(Sc2nnc(C)n2C)C1. The van der Waals surface area contributed by atoms with Gasteiger partial charge in [-0.05, 0) is 32.1 Å². The number of hydrogen-bond donors (Lipinski definition) is 1. The van der Waals surface area contributed by atoms with Gasteiger partial charge in [0, 0.05) is 18.3 Å². The second kappa shape index (κ2) is 6.06. The monoisotopic (exact) mass is 268 g/mol. The molecule has 3 atom stereocenters. The Morgan fingerprint density at radius 1 is 1.39 bits per heavy atom. The predicted molar refractivity (Wildman–Crippen MR) is 75.6 cm³/mol. The molecule has 0 bridgehead atoms. The molecule has 18 heavy (non-hydrogen) atoms. The molecule has 102 valence electrons. The predicted octanol–water partition coefficient (Wildman–Crippen LogP) is 2.51. The molecule has 1 aliphatic carbocycles. The van der Waals surface area contributed by atoms with Crippen molar-refractivity contribution < 1.29 is 0 Å². The van der Waals surface area contributed by atoms with E-state index in [1.54, 1.807) is 0 Å². The minimum Gasteiger partial charge on any atom is -0.327 e. The zero-order valence-corrected chi connectivity index (χ0v) is 12.4. The van der Waals surface area contributed by atoms with E-state index >= 15 is 0 Å². The van der Waals surface area contributed by atoms with Crippen molar-refractivity contribution in [3.05, 3.63) is 5.82 Å². The van der Waals surface area contributed by atoms with E-state index in [4.69, 9.17) is 5.73 Å². The first-order chi connectivity index (χ1) is 8.61. The largest absolute Gasteiger partial charge is 0.327 e. The zero-order chi connectivity index (χ0) is 13.1. The van der Waals surface area contributed by atoms with E-state index in [0.29, 0.717) is 11.3 Å². The smallest absolute Gasteiger partial charge is 0.191 e. The molecule has 0 radical (unpaired) electrons. The van der Waals surface area contributed by atoms with Gasteiger partial charge in [0.15, 0.2) is 5.16 Å². The highest BCUT2D eigenvalue weighted by Gasteiger charge is 2.29. The molecule has 1 aromatic heterocycles. The van der Waals surface area contributed by atoms with E-state index in [0.717, 1.165) is 23.3 Å². The van der Waals surface area contributed by atoms with Crippen LogP contribution in [0.15, 0.2) is 5.16 Å². The Hall–Kier alpha value is -0.550. The van der Waals surface area contributed by atoms with Crippen LogP contribution in [-0.2, 0) is 7.05 Å². The van der Waals surface area contributed by atoms with Crippen LogP contribution in [0.3, 0.4) is 0 Å². The molecule has 3 unspecified atom stereocenters. The van der Waals surface area contributed by atoms with Gasteiger partial charge in [-0.25, -0.2) is 0 Å². The van der Waals surface area contributed by atoms with Crippen LogP contribution in [0.25, 0.3) is 0 Å². The highest BCUT2D eigenvalue weighted by Crippen LogP contribution is 2.36. The Labute approximate surface area is 114 Å². The Balaban J connectivity index is 2.00. The van der Waals surface area contributed by atoms with E-state index in [2.05, 4.69) is 21.7 Å². The Morgan fingerprint density at radius 2 is 2.17 bits per heavy atom. The molecule has 0 saturated heterocycles. The Morgan fingerprint density at radius 3 is 2.78 bits per heavy atom. The summed E-state index contributed by atoms with van der Waals surface area (Å²) in [4.78, 5) is 0. The lowest BCUT2D eigenvalue weighted by atomic mass is 9.83. The highest BCUT2D eigenvalue weighted by molar-refractivity contribution is 7.99. The lowest BCUT2D eigenvalue weighted by molar-refractivity contribution is 0.316. The van der Waals surface area contributed by atoms with E-state index in [1.165, 1.54) is 25.7 Å². The average molecular weight is 268 g/mol. The Kier molecular flexibility index (Phi) is 4.67. The van der Waals surface area contributed by atoms with Crippen LogP contribution in [0.2, 0.25) is 0 Å². The maximum Gasteiger partial charge on any atom is 0.191 e. The van der Waals surface area contributed by atoms with Crippen LogP contribution < -0.4 is 5.73 Å². The summed E-state index contributed by atoms with van der Waals surface area (Å²) in [7, 11) is 2.02. The van der Waals surface area contributed by atoms with E-state index in [1.807, 2.05) is 25.7 Å². The summed E-state index contributed by atoms with van der Waals surface area (Å²) in [5.41, 5.74) is 6.26. The van der Waals surface area contributed by atoms with Crippen LogP contribution in [-0.4, -0.2) is 26.1 Å². The lowest BCUT2D eigenvalue weighted by Crippen LogP contribution is -2.38. The normalized spacial score (nSPS) is 28.6. The van der Waals surface area contributed by atoms with Crippen LogP contribution in [0.1, 0.15) is 44.9 Å². The lowest BCUT2D eigenvalue weighted by Gasteiger charge is -2.33. The molecule has 4 nitrogen and oxygen atoms in total.